The van der Waals surface area contributed by atoms with E-state index in [0.29, 0.717) is 12.5 Å². The first-order valence-corrected chi connectivity index (χ1v) is 9.42. The number of benzene rings is 1. The van der Waals surface area contributed by atoms with Crippen molar-refractivity contribution in [1.82, 2.24) is 14.3 Å². The Morgan fingerprint density at radius 3 is 2.58 bits per heavy atom. The molecular weight excluding hydrogens is 368 g/mol. The Morgan fingerprint density at radius 2 is 1.88 bits per heavy atom. The number of hydrogen-bond donors (Lipinski definition) is 0. The summed E-state index contributed by atoms with van der Waals surface area (Å²) in [7, 11) is -2.27. The summed E-state index contributed by atoms with van der Waals surface area (Å²) in [5.74, 6) is -1.57. The minimum absolute atomic E-state index is 0.0607. The molecule has 1 atom stereocenters. The van der Waals surface area contributed by atoms with E-state index in [0.717, 1.165) is 12.1 Å². The van der Waals surface area contributed by atoms with Gasteiger partial charge in [-0.1, -0.05) is 0 Å². The second kappa shape index (κ2) is 7.50. The van der Waals surface area contributed by atoms with Crippen molar-refractivity contribution in [3.8, 4) is 11.8 Å². The van der Waals surface area contributed by atoms with Crippen molar-refractivity contribution in [3.63, 3.8) is 0 Å². The average molecular weight is 385 g/mol. The Hall–Kier alpha value is -2.33. The van der Waals surface area contributed by atoms with Crippen LogP contribution in [0.1, 0.15) is 12.0 Å². The van der Waals surface area contributed by atoms with Gasteiger partial charge in [0.15, 0.2) is 0 Å². The van der Waals surface area contributed by atoms with Crippen molar-refractivity contribution < 1.29 is 26.7 Å². The number of ether oxygens (including phenoxy) is 2. The summed E-state index contributed by atoms with van der Waals surface area (Å²) in [5, 5.41) is 0. The summed E-state index contributed by atoms with van der Waals surface area (Å²) in [5.41, 5.74) is 0.0607. The summed E-state index contributed by atoms with van der Waals surface area (Å²) in [6, 6.07) is 2.72. The lowest BCUT2D eigenvalue weighted by Gasteiger charge is -2.17. The molecular formula is C16H17F2N3O4S. The van der Waals surface area contributed by atoms with Gasteiger partial charge in [-0.2, -0.15) is 9.29 Å². The minimum atomic E-state index is -3.73. The van der Waals surface area contributed by atoms with E-state index in [1.807, 2.05) is 0 Å². The van der Waals surface area contributed by atoms with Crippen molar-refractivity contribution in [2.45, 2.75) is 18.3 Å². The van der Waals surface area contributed by atoms with Crippen molar-refractivity contribution in [3.05, 3.63) is 47.8 Å². The van der Waals surface area contributed by atoms with Gasteiger partial charge in [0.05, 0.1) is 31.8 Å². The molecule has 1 unspecified atom stereocenters. The molecule has 3 rings (SSSR count). The first kappa shape index (κ1) is 18.5. The normalized spacial score (nSPS) is 18.0. The van der Waals surface area contributed by atoms with Crippen LogP contribution in [0.2, 0.25) is 0 Å². The average Bonchev–Trinajstić information content (AvgIpc) is 3.03. The molecule has 0 amide bonds. The number of aromatic nitrogens is 2. The lowest BCUT2D eigenvalue weighted by Crippen LogP contribution is -2.32. The van der Waals surface area contributed by atoms with E-state index in [9.17, 15) is 17.2 Å². The molecule has 0 aliphatic carbocycles. The monoisotopic (exact) mass is 385 g/mol. The highest BCUT2D eigenvalue weighted by Crippen LogP contribution is 2.22. The maximum atomic E-state index is 13.3. The van der Waals surface area contributed by atoms with E-state index in [-0.39, 0.29) is 30.4 Å². The number of halogens is 2. The molecule has 1 aliphatic heterocycles. The summed E-state index contributed by atoms with van der Waals surface area (Å²) >= 11 is 0. The van der Waals surface area contributed by atoms with Gasteiger partial charge in [0, 0.05) is 12.6 Å². The highest BCUT2D eigenvalue weighted by atomic mass is 32.2. The van der Waals surface area contributed by atoms with E-state index < -0.39 is 33.5 Å². The van der Waals surface area contributed by atoms with Crippen molar-refractivity contribution in [2.75, 3.05) is 20.2 Å². The largest absolute Gasteiger partial charge is 0.480 e. The second-order valence-electron chi connectivity index (χ2n) is 5.82. The van der Waals surface area contributed by atoms with E-state index in [2.05, 4.69) is 9.97 Å². The molecule has 2 aromatic rings. The number of nitrogens with zero attached hydrogens (tertiary/aromatic N) is 3. The fourth-order valence-electron chi connectivity index (χ4n) is 2.70. The van der Waals surface area contributed by atoms with Gasteiger partial charge in [-0.05, 0) is 24.1 Å². The van der Waals surface area contributed by atoms with Crippen LogP contribution >= 0.6 is 0 Å². The molecule has 0 bridgehead atoms. The van der Waals surface area contributed by atoms with Crippen molar-refractivity contribution >= 4 is 10.0 Å². The first-order chi connectivity index (χ1) is 12.4. The Bertz CT molecular complexity index is 875. The lowest BCUT2D eigenvalue weighted by atomic mass is 10.2. The van der Waals surface area contributed by atoms with Crippen LogP contribution in [0.3, 0.4) is 0 Å². The molecule has 1 fully saturated rings. The molecule has 1 saturated heterocycles. The zero-order valence-electron chi connectivity index (χ0n) is 13.9. The molecule has 26 heavy (non-hydrogen) atoms. The molecule has 10 heteroatoms. The Morgan fingerprint density at radius 1 is 1.19 bits per heavy atom. The molecule has 140 valence electrons. The summed E-state index contributed by atoms with van der Waals surface area (Å²) < 4.78 is 63.4. The molecule has 7 nitrogen and oxygen atoms in total. The topological polar surface area (TPSA) is 81.6 Å². The lowest BCUT2D eigenvalue weighted by molar-refractivity contribution is 0.203. The Kier molecular flexibility index (Phi) is 5.33. The van der Waals surface area contributed by atoms with Crippen LogP contribution in [0, 0.1) is 11.6 Å². The highest BCUT2D eigenvalue weighted by molar-refractivity contribution is 7.88. The maximum absolute atomic E-state index is 13.3. The van der Waals surface area contributed by atoms with Gasteiger partial charge in [0.25, 0.3) is 0 Å². The van der Waals surface area contributed by atoms with E-state index >= 15 is 0 Å². The van der Waals surface area contributed by atoms with Crippen LogP contribution in [0.5, 0.6) is 11.8 Å². The van der Waals surface area contributed by atoms with E-state index in [1.54, 1.807) is 0 Å². The molecule has 1 aliphatic rings. The van der Waals surface area contributed by atoms with Crippen LogP contribution in [-0.2, 0) is 15.8 Å². The summed E-state index contributed by atoms with van der Waals surface area (Å²) in [6.07, 6.45) is 2.91. The third kappa shape index (κ3) is 4.44. The zero-order chi connectivity index (χ0) is 18.7. The Balaban J connectivity index is 1.65. The quantitative estimate of drug-likeness (QED) is 0.754. The van der Waals surface area contributed by atoms with Crippen LogP contribution in [0.4, 0.5) is 8.78 Å². The summed E-state index contributed by atoms with van der Waals surface area (Å²) in [6.45, 7) is 0.376. The SMILES string of the molecule is COc1cncc(OC2CCN(S(=O)(=O)Cc3cc(F)cc(F)c3)C2)n1. The second-order valence-corrected chi connectivity index (χ2v) is 7.79. The molecule has 2 heterocycles. The maximum Gasteiger partial charge on any atom is 0.235 e. The molecule has 1 aromatic carbocycles. The van der Waals surface area contributed by atoms with Crippen LogP contribution in [0.15, 0.2) is 30.6 Å². The van der Waals surface area contributed by atoms with Crippen molar-refractivity contribution in [2.24, 2.45) is 0 Å². The van der Waals surface area contributed by atoms with E-state index in [4.69, 9.17) is 9.47 Å². The molecule has 0 radical (unpaired) electrons. The fourth-order valence-corrected chi connectivity index (χ4v) is 4.25. The van der Waals surface area contributed by atoms with Gasteiger partial charge in [-0.25, -0.2) is 17.2 Å². The number of rotatable bonds is 6. The highest BCUT2D eigenvalue weighted by Gasteiger charge is 2.33. The standard InChI is InChI=1S/C16H17F2N3O4S/c1-24-15-7-19-8-16(20-15)25-14-2-3-21(9-14)26(22,23)10-11-4-12(17)6-13(18)5-11/h4-8,14H,2-3,9-10H2,1H3. The third-order valence-electron chi connectivity index (χ3n) is 3.86. The number of hydrogen-bond acceptors (Lipinski definition) is 6. The van der Waals surface area contributed by atoms with E-state index in [1.165, 1.54) is 23.8 Å². The predicted molar refractivity (Wildman–Crippen MR) is 88.2 cm³/mol. The van der Waals surface area contributed by atoms with Gasteiger partial charge in [0.2, 0.25) is 21.8 Å². The van der Waals surface area contributed by atoms with Crippen LogP contribution in [0.25, 0.3) is 0 Å². The summed E-state index contributed by atoms with van der Waals surface area (Å²) in [4.78, 5) is 7.99. The zero-order valence-corrected chi connectivity index (χ0v) is 14.7. The molecule has 0 spiro atoms. The predicted octanol–water partition coefficient (Wildman–Crippen LogP) is 1.75. The Labute approximate surface area is 149 Å². The van der Waals surface area contributed by atoms with Gasteiger partial charge in [-0.3, -0.25) is 4.98 Å². The number of sulfonamides is 1. The molecule has 0 saturated carbocycles. The van der Waals surface area contributed by atoms with Gasteiger partial charge < -0.3 is 9.47 Å². The molecule has 0 N–H and O–H groups in total. The smallest absolute Gasteiger partial charge is 0.235 e. The minimum Gasteiger partial charge on any atom is -0.480 e. The van der Waals surface area contributed by atoms with Gasteiger partial charge >= 0.3 is 0 Å². The number of methoxy groups -OCH3 is 1. The van der Waals surface area contributed by atoms with Gasteiger partial charge in [0.1, 0.15) is 17.7 Å². The van der Waals surface area contributed by atoms with Crippen LogP contribution < -0.4 is 9.47 Å². The van der Waals surface area contributed by atoms with Gasteiger partial charge in [-0.15, -0.1) is 0 Å². The molecule has 1 aromatic heterocycles. The van der Waals surface area contributed by atoms with Crippen LogP contribution in [-0.4, -0.2) is 49.0 Å². The third-order valence-corrected chi connectivity index (χ3v) is 5.68. The fraction of sp³-hybridized carbons (Fsp3) is 0.375. The van der Waals surface area contributed by atoms with Crippen molar-refractivity contribution in [1.29, 1.82) is 0 Å². The first-order valence-electron chi connectivity index (χ1n) is 7.81.